The van der Waals surface area contributed by atoms with E-state index in [1.54, 1.807) is 26.0 Å². The second-order valence-corrected chi connectivity index (χ2v) is 11.6. The molecule has 0 aromatic carbocycles. The third kappa shape index (κ3) is 2.38. The maximum absolute atomic E-state index is 13.2. The van der Waals surface area contributed by atoms with Gasteiger partial charge in [-0.3, -0.25) is 9.59 Å². The molecule has 31 heavy (non-hydrogen) atoms. The largest absolute Gasteiger partial charge is 0.391 e. The number of halogens is 1. The van der Waals surface area contributed by atoms with Gasteiger partial charge in [-0.1, -0.05) is 25.5 Å². The highest BCUT2D eigenvalue weighted by Gasteiger charge is 2.79. The van der Waals surface area contributed by atoms with E-state index in [4.69, 9.17) is 21.1 Å². The number of fused-ring (bicyclic) bond motifs is 7. The zero-order chi connectivity index (χ0) is 22.6. The summed E-state index contributed by atoms with van der Waals surface area (Å²) in [6.07, 6.45) is 5.89. The molecule has 0 aromatic heterocycles. The van der Waals surface area contributed by atoms with E-state index in [-0.39, 0.29) is 24.0 Å². The molecule has 7 heteroatoms. The molecule has 2 N–H and O–H groups in total. The van der Waals surface area contributed by atoms with Gasteiger partial charge < -0.3 is 19.7 Å². The number of aliphatic hydroxyl groups excluding tert-OH is 2. The predicted octanol–water partition coefficient (Wildman–Crippen LogP) is 2.69. The first-order valence-electron chi connectivity index (χ1n) is 11.2. The minimum atomic E-state index is -1.31. The van der Waals surface area contributed by atoms with Crippen molar-refractivity contribution in [2.24, 2.45) is 22.7 Å². The first kappa shape index (κ1) is 21.8. The van der Waals surface area contributed by atoms with Crippen molar-refractivity contribution in [3.05, 3.63) is 23.8 Å². The quantitative estimate of drug-likeness (QED) is 0.628. The number of ketones is 2. The van der Waals surface area contributed by atoms with Crippen LogP contribution in [0.4, 0.5) is 0 Å². The fraction of sp³-hybridized carbons (Fsp3) is 0.750. The molecule has 0 unspecified atom stereocenters. The van der Waals surface area contributed by atoms with Gasteiger partial charge in [-0.05, 0) is 63.5 Å². The molecule has 0 spiro atoms. The van der Waals surface area contributed by atoms with Crippen LogP contribution < -0.4 is 0 Å². The van der Waals surface area contributed by atoms with Crippen molar-refractivity contribution >= 4 is 23.2 Å². The smallest absolute Gasteiger partial charge is 0.193 e. The average molecular weight is 451 g/mol. The van der Waals surface area contributed by atoms with E-state index in [1.165, 1.54) is 0 Å². The number of aliphatic hydroxyl groups is 2. The molecular weight excluding hydrogens is 420 g/mol. The van der Waals surface area contributed by atoms with Gasteiger partial charge in [-0.25, -0.2) is 0 Å². The van der Waals surface area contributed by atoms with Crippen LogP contribution in [-0.2, 0) is 19.1 Å². The Morgan fingerprint density at radius 1 is 1.26 bits per heavy atom. The number of hydrogen-bond donors (Lipinski definition) is 2. The minimum Gasteiger partial charge on any atom is -0.391 e. The zero-order valence-electron chi connectivity index (χ0n) is 18.5. The SMILES string of the molecule is CC1(C)O[C@@H]2C[C@H]3[C@@H]4CCC5=CC(=O)C=C[C@]5(C)[C@@]4(Cl)[C@@H](O)C[C@]3(C)[C@@]2(C(=O)CO)O1. The molecule has 1 saturated heterocycles. The van der Waals surface area contributed by atoms with Gasteiger partial charge in [-0.2, -0.15) is 0 Å². The van der Waals surface area contributed by atoms with Crippen LogP contribution in [-0.4, -0.2) is 56.9 Å². The summed E-state index contributed by atoms with van der Waals surface area (Å²) in [5.74, 6) is -1.53. The standard InChI is InChI=1S/C24H31ClO6/c1-20(2)30-19-10-16-15-6-5-13-9-14(27)7-8-21(13,3)23(15,25)17(28)11-22(16,4)24(19,31-20)18(29)12-26/h7-9,15-17,19,26,28H,5-6,10-12H2,1-4H3/t15-,16-,17-,19+,21-,22-,23-,24-/m0/s1. The van der Waals surface area contributed by atoms with Gasteiger partial charge in [0, 0.05) is 10.8 Å². The summed E-state index contributed by atoms with van der Waals surface area (Å²) in [6.45, 7) is 6.92. The van der Waals surface area contributed by atoms with E-state index < -0.39 is 51.7 Å². The molecule has 0 amide bonds. The Balaban J connectivity index is 1.64. The number of alkyl halides is 1. The first-order chi connectivity index (χ1) is 14.4. The molecule has 0 radical (unpaired) electrons. The van der Waals surface area contributed by atoms with Crippen molar-refractivity contribution in [2.45, 2.75) is 81.8 Å². The van der Waals surface area contributed by atoms with Crippen molar-refractivity contribution < 1.29 is 29.3 Å². The second kappa shape index (κ2) is 6.29. The lowest BCUT2D eigenvalue weighted by Crippen LogP contribution is -2.69. The lowest BCUT2D eigenvalue weighted by Gasteiger charge is -2.64. The number of Topliss-reactive ketones (excluding diaryl/α,β-unsaturated/α-hetero) is 1. The summed E-state index contributed by atoms with van der Waals surface area (Å²) in [4.78, 5) is 24.2. The van der Waals surface area contributed by atoms with Gasteiger partial charge >= 0.3 is 0 Å². The number of carbonyl (C=O) groups is 2. The predicted molar refractivity (Wildman–Crippen MR) is 113 cm³/mol. The average Bonchev–Trinajstić information content (AvgIpc) is 3.09. The third-order valence-electron chi connectivity index (χ3n) is 9.19. The van der Waals surface area contributed by atoms with Gasteiger partial charge in [0.2, 0.25) is 0 Å². The monoisotopic (exact) mass is 450 g/mol. The zero-order valence-corrected chi connectivity index (χ0v) is 19.2. The van der Waals surface area contributed by atoms with Crippen LogP contribution in [0.15, 0.2) is 23.8 Å². The lowest BCUT2D eigenvalue weighted by molar-refractivity contribution is -0.222. The number of allylic oxidation sites excluding steroid dienone is 4. The normalized spacial score (nSPS) is 52.1. The fourth-order valence-electron chi connectivity index (χ4n) is 7.93. The number of hydrogen-bond acceptors (Lipinski definition) is 6. The molecule has 5 aliphatic rings. The highest BCUT2D eigenvalue weighted by molar-refractivity contribution is 6.26. The van der Waals surface area contributed by atoms with E-state index >= 15 is 0 Å². The molecule has 5 rings (SSSR count). The summed E-state index contributed by atoms with van der Waals surface area (Å²) < 4.78 is 12.5. The van der Waals surface area contributed by atoms with Crippen LogP contribution in [0.3, 0.4) is 0 Å². The van der Waals surface area contributed by atoms with Crippen molar-refractivity contribution in [1.29, 1.82) is 0 Å². The van der Waals surface area contributed by atoms with E-state index in [1.807, 2.05) is 19.9 Å². The van der Waals surface area contributed by atoms with Crippen molar-refractivity contribution in [3.63, 3.8) is 0 Å². The van der Waals surface area contributed by atoms with Gasteiger partial charge in [0.1, 0.15) is 6.61 Å². The Hall–Kier alpha value is -1.05. The van der Waals surface area contributed by atoms with Crippen molar-refractivity contribution in [1.82, 2.24) is 0 Å². The Bertz CT molecular complexity index is 925. The van der Waals surface area contributed by atoms with Crippen molar-refractivity contribution in [2.75, 3.05) is 6.61 Å². The Morgan fingerprint density at radius 2 is 1.97 bits per heavy atom. The highest BCUT2D eigenvalue weighted by atomic mass is 35.5. The Kier molecular flexibility index (Phi) is 4.42. The van der Waals surface area contributed by atoms with Gasteiger partial charge in [0.25, 0.3) is 0 Å². The number of ether oxygens (including phenoxy) is 2. The summed E-state index contributed by atoms with van der Waals surface area (Å²) in [5, 5.41) is 21.5. The van der Waals surface area contributed by atoms with E-state index in [2.05, 4.69) is 0 Å². The van der Waals surface area contributed by atoms with Gasteiger partial charge in [-0.15, -0.1) is 11.6 Å². The van der Waals surface area contributed by atoms with E-state index in [9.17, 15) is 19.8 Å². The molecule has 170 valence electrons. The molecule has 4 fully saturated rings. The van der Waals surface area contributed by atoms with Crippen LogP contribution in [0, 0.1) is 22.7 Å². The molecule has 6 nitrogen and oxygen atoms in total. The first-order valence-corrected chi connectivity index (χ1v) is 11.6. The Morgan fingerprint density at radius 3 is 2.65 bits per heavy atom. The summed E-state index contributed by atoms with van der Waals surface area (Å²) in [7, 11) is 0. The van der Waals surface area contributed by atoms with Gasteiger partial charge in [0.15, 0.2) is 23.0 Å². The van der Waals surface area contributed by atoms with Crippen LogP contribution in [0.5, 0.6) is 0 Å². The number of carbonyl (C=O) groups excluding carboxylic acids is 2. The lowest BCUT2D eigenvalue weighted by atomic mass is 9.45. The summed E-state index contributed by atoms with van der Waals surface area (Å²) in [5.41, 5.74) is -1.75. The highest BCUT2D eigenvalue weighted by Crippen LogP contribution is 2.72. The van der Waals surface area contributed by atoms with Crippen LogP contribution in [0.1, 0.15) is 53.4 Å². The maximum Gasteiger partial charge on any atom is 0.193 e. The molecule has 8 atom stereocenters. The maximum atomic E-state index is 13.2. The number of rotatable bonds is 2. The van der Waals surface area contributed by atoms with Gasteiger partial charge in [0.05, 0.1) is 17.1 Å². The van der Waals surface area contributed by atoms with Crippen molar-refractivity contribution in [3.8, 4) is 0 Å². The third-order valence-corrected chi connectivity index (χ3v) is 10.1. The van der Waals surface area contributed by atoms with Crippen LogP contribution in [0.25, 0.3) is 0 Å². The second-order valence-electron chi connectivity index (χ2n) is 10.9. The topological polar surface area (TPSA) is 93.1 Å². The summed E-state index contributed by atoms with van der Waals surface area (Å²) in [6, 6.07) is 0. The molecule has 1 heterocycles. The van der Waals surface area contributed by atoms with E-state index in [0.29, 0.717) is 19.3 Å². The molecule has 0 bridgehead atoms. The molecule has 1 aliphatic heterocycles. The van der Waals surface area contributed by atoms with E-state index in [0.717, 1.165) is 5.57 Å². The Labute approximate surface area is 187 Å². The summed E-state index contributed by atoms with van der Waals surface area (Å²) >= 11 is 7.42. The molecular formula is C24H31ClO6. The molecule has 3 saturated carbocycles. The van der Waals surface area contributed by atoms with Crippen LogP contribution in [0.2, 0.25) is 0 Å². The van der Waals surface area contributed by atoms with Crippen LogP contribution >= 0.6 is 11.6 Å². The molecule has 4 aliphatic carbocycles. The molecule has 0 aromatic rings. The minimum absolute atomic E-state index is 0.0330. The fourth-order valence-corrected chi connectivity index (χ4v) is 8.45.